The summed E-state index contributed by atoms with van der Waals surface area (Å²) in [6.45, 7) is 1.71. The van der Waals surface area contributed by atoms with Crippen LogP contribution in [0.25, 0.3) is 0 Å². The summed E-state index contributed by atoms with van der Waals surface area (Å²) in [4.78, 5) is 0. The molecule has 1 fully saturated rings. The van der Waals surface area contributed by atoms with Gasteiger partial charge in [0.05, 0.1) is 0 Å². The molecule has 0 spiro atoms. The summed E-state index contributed by atoms with van der Waals surface area (Å²) in [5.74, 6) is 0. The molecule has 0 amide bonds. The predicted molar refractivity (Wildman–Crippen MR) is 36.3 cm³/mol. The van der Waals surface area contributed by atoms with E-state index in [9.17, 15) is 13.2 Å². The van der Waals surface area contributed by atoms with Crippen LogP contribution in [0.1, 0.15) is 26.2 Å². The Labute approximate surface area is 64.0 Å². The first kappa shape index (κ1) is 8.84. The van der Waals surface area contributed by atoms with Crippen LogP contribution in [0.15, 0.2) is 0 Å². The Morgan fingerprint density at radius 3 is 2.18 bits per heavy atom. The lowest BCUT2D eigenvalue weighted by atomic mass is 9.90. The van der Waals surface area contributed by atoms with Crippen LogP contribution in [0.3, 0.4) is 0 Å². The maximum Gasteiger partial charge on any atom is 0.406 e. The van der Waals surface area contributed by atoms with Crippen molar-refractivity contribution < 1.29 is 13.2 Å². The Hall–Kier alpha value is -0.250. The Balaban J connectivity index is 2.64. The first-order valence-electron chi connectivity index (χ1n) is 3.77. The van der Waals surface area contributed by atoms with Gasteiger partial charge in [0.1, 0.15) is 5.54 Å². The van der Waals surface area contributed by atoms with E-state index in [0.717, 1.165) is 6.42 Å². The zero-order valence-corrected chi connectivity index (χ0v) is 6.46. The van der Waals surface area contributed by atoms with Crippen molar-refractivity contribution in [1.29, 1.82) is 0 Å². The number of halogens is 3. The predicted octanol–water partition coefficient (Wildman–Crippen LogP) is 2.08. The van der Waals surface area contributed by atoms with Gasteiger partial charge >= 0.3 is 6.18 Å². The monoisotopic (exact) mass is 167 g/mol. The van der Waals surface area contributed by atoms with E-state index in [0.29, 0.717) is 13.0 Å². The molecular formula is C7H12F3N. The molecule has 0 aromatic carbocycles. The average Bonchev–Trinajstić information content (AvgIpc) is 1.87. The maximum atomic E-state index is 12.3. The molecule has 4 heteroatoms. The van der Waals surface area contributed by atoms with E-state index in [4.69, 9.17) is 0 Å². The Bertz CT molecular complexity index is 135. The van der Waals surface area contributed by atoms with Crippen molar-refractivity contribution in [2.45, 2.75) is 37.9 Å². The molecule has 1 aliphatic rings. The smallest absolute Gasteiger partial charge is 0.304 e. The highest BCUT2D eigenvalue weighted by atomic mass is 19.4. The lowest BCUT2D eigenvalue weighted by molar-refractivity contribution is -0.197. The molecule has 1 rings (SSSR count). The molecule has 11 heavy (non-hydrogen) atoms. The summed E-state index contributed by atoms with van der Waals surface area (Å²) >= 11 is 0. The molecule has 0 aromatic heterocycles. The van der Waals surface area contributed by atoms with Gasteiger partial charge in [-0.3, -0.25) is 0 Å². The van der Waals surface area contributed by atoms with Gasteiger partial charge in [0.2, 0.25) is 0 Å². The van der Waals surface area contributed by atoms with Gasteiger partial charge in [0.25, 0.3) is 0 Å². The van der Waals surface area contributed by atoms with Crippen molar-refractivity contribution >= 4 is 0 Å². The van der Waals surface area contributed by atoms with Crippen LogP contribution in [-0.4, -0.2) is 18.3 Å². The number of hydrogen-bond acceptors (Lipinski definition) is 1. The van der Waals surface area contributed by atoms with Gasteiger partial charge in [-0.15, -0.1) is 0 Å². The van der Waals surface area contributed by atoms with Crippen LogP contribution in [0.4, 0.5) is 13.2 Å². The van der Waals surface area contributed by atoms with Crippen LogP contribution in [0.2, 0.25) is 0 Å². The first-order chi connectivity index (χ1) is 4.96. The Kier molecular flexibility index (Phi) is 2.14. The lowest BCUT2D eigenvalue weighted by Crippen LogP contribution is -2.56. The topological polar surface area (TPSA) is 12.0 Å². The molecule has 66 valence electrons. The number of rotatable bonds is 0. The van der Waals surface area contributed by atoms with Crippen molar-refractivity contribution in [1.82, 2.24) is 5.32 Å². The van der Waals surface area contributed by atoms with Crippen molar-refractivity contribution in [3.63, 3.8) is 0 Å². The van der Waals surface area contributed by atoms with E-state index in [1.807, 2.05) is 0 Å². The molecule has 1 N–H and O–H groups in total. The standard InChI is InChI=1S/C7H12F3N/c1-6(7(8,9)10)4-2-3-5-11-6/h11H,2-5H2,1H3/t6-/m1/s1. The maximum absolute atomic E-state index is 12.3. The number of hydrogen-bond donors (Lipinski definition) is 1. The molecule has 1 saturated heterocycles. The lowest BCUT2D eigenvalue weighted by Gasteiger charge is -2.36. The van der Waals surface area contributed by atoms with Crippen LogP contribution < -0.4 is 5.32 Å². The minimum absolute atomic E-state index is 0.205. The zero-order chi connectivity index (χ0) is 8.54. The van der Waals surface area contributed by atoms with Gasteiger partial charge in [-0.2, -0.15) is 13.2 Å². The molecule has 1 heterocycles. The Morgan fingerprint density at radius 1 is 1.27 bits per heavy atom. The molecule has 0 bridgehead atoms. The summed E-state index contributed by atoms with van der Waals surface area (Å²) in [5.41, 5.74) is -1.63. The van der Waals surface area contributed by atoms with Crippen LogP contribution in [0.5, 0.6) is 0 Å². The van der Waals surface area contributed by atoms with Crippen LogP contribution >= 0.6 is 0 Å². The minimum Gasteiger partial charge on any atom is -0.304 e. The third-order valence-corrected chi connectivity index (χ3v) is 2.24. The highest BCUT2D eigenvalue weighted by Crippen LogP contribution is 2.35. The van der Waals surface area contributed by atoms with E-state index in [1.54, 1.807) is 0 Å². The summed E-state index contributed by atoms with van der Waals surface area (Å²) < 4.78 is 36.8. The molecule has 1 atom stereocenters. The van der Waals surface area contributed by atoms with Crippen molar-refractivity contribution in [3.8, 4) is 0 Å². The molecular weight excluding hydrogens is 155 g/mol. The van der Waals surface area contributed by atoms with E-state index in [1.165, 1.54) is 6.92 Å². The van der Waals surface area contributed by atoms with Gasteiger partial charge in [-0.05, 0) is 26.3 Å². The third-order valence-electron chi connectivity index (χ3n) is 2.24. The SMILES string of the molecule is C[C@]1(C(F)(F)F)CCCCN1. The second kappa shape index (κ2) is 2.66. The van der Waals surface area contributed by atoms with Crippen molar-refractivity contribution in [2.75, 3.05) is 6.54 Å². The van der Waals surface area contributed by atoms with Crippen molar-refractivity contribution in [2.24, 2.45) is 0 Å². The third kappa shape index (κ3) is 1.67. The number of alkyl halides is 3. The minimum atomic E-state index is -4.10. The molecule has 0 aromatic rings. The first-order valence-corrected chi connectivity index (χ1v) is 3.77. The largest absolute Gasteiger partial charge is 0.406 e. The summed E-state index contributed by atoms with van der Waals surface area (Å²) in [6, 6.07) is 0. The van der Waals surface area contributed by atoms with Gasteiger partial charge in [-0.25, -0.2) is 0 Å². The molecule has 1 nitrogen and oxygen atoms in total. The van der Waals surface area contributed by atoms with Gasteiger partial charge in [0, 0.05) is 0 Å². The molecule has 0 aliphatic carbocycles. The highest BCUT2D eigenvalue weighted by molar-refractivity contribution is 4.92. The van der Waals surface area contributed by atoms with Crippen LogP contribution in [0, 0.1) is 0 Å². The summed E-state index contributed by atoms with van der Waals surface area (Å²) in [5, 5.41) is 2.51. The second-order valence-corrected chi connectivity index (χ2v) is 3.21. The fourth-order valence-corrected chi connectivity index (χ4v) is 1.30. The fraction of sp³-hybridized carbons (Fsp3) is 1.00. The van der Waals surface area contributed by atoms with Gasteiger partial charge < -0.3 is 5.32 Å². The molecule has 0 unspecified atom stereocenters. The number of nitrogens with one attached hydrogen (secondary N) is 1. The quantitative estimate of drug-likeness (QED) is 0.582. The van der Waals surface area contributed by atoms with E-state index in [-0.39, 0.29) is 6.42 Å². The average molecular weight is 167 g/mol. The Morgan fingerprint density at radius 2 is 1.91 bits per heavy atom. The summed E-state index contributed by atoms with van der Waals surface area (Å²) in [7, 11) is 0. The molecule has 0 radical (unpaired) electrons. The zero-order valence-electron chi connectivity index (χ0n) is 6.46. The van der Waals surface area contributed by atoms with Crippen molar-refractivity contribution in [3.05, 3.63) is 0 Å². The van der Waals surface area contributed by atoms with Crippen LogP contribution in [-0.2, 0) is 0 Å². The number of piperidine rings is 1. The normalized spacial score (nSPS) is 33.8. The van der Waals surface area contributed by atoms with E-state index < -0.39 is 11.7 Å². The summed E-state index contributed by atoms with van der Waals surface area (Å²) in [6.07, 6.45) is -2.38. The molecule has 0 saturated carbocycles. The van der Waals surface area contributed by atoms with Gasteiger partial charge in [0.15, 0.2) is 0 Å². The van der Waals surface area contributed by atoms with Gasteiger partial charge in [-0.1, -0.05) is 6.42 Å². The molecule has 1 aliphatic heterocycles. The van der Waals surface area contributed by atoms with E-state index in [2.05, 4.69) is 5.32 Å². The highest BCUT2D eigenvalue weighted by Gasteiger charge is 2.50. The second-order valence-electron chi connectivity index (χ2n) is 3.21. The fourth-order valence-electron chi connectivity index (χ4n) is 1.30. The van der Waals surface area contributed by atoms with E-state index >= 15 is 0 Å².